The molecule has 0 aliphatic heterocycles. The average molecular weight is 291 g/mol. The van der Waals surface area contributed by atoms with Crippen LogP contribution in [0, 0.1) is 11.7 Å². The monoisotopic (exact) mass is 291 g/mol. The lowest BCUT2D eigenvalue weighted by molar-refractivity contribution is -0.140. The van der Waals surface area contributed by atoms with E-state index in [-0.39, 0.29) is 12.0 Å². The number of rotatable bonds is 6. The Kier molecular flexibility index (Phi) is 5.99. The topological polar surface area (TPSA) is 12.0 Å². The molecule has 0 aromatic heterocycles. The molecule has 2 unspecified atom stereocenters. The second-order valence-electron chi connectivity index (χ2n) is 5.04. The van der Waals surface area contributed by atoms with E-state index in [1.165, 1.54) is 6.07 Å². The smallest absolute Gasteiger partial charge is 0.310 e. The minimum Gasteiger partial charge on any atom is -0.310 e. The van der Waals surface area contributed by atoms with Crippen molar-refractivity contribution in [3.05, 3.63) is 35.1 Å². The van der Waals surface area contributed by atoms with E-state index in [0.29, 0.717) is 12.1 Å². The highest BCUT2D eigenvalue weighted by Crippen LogP contribution is 2.34. The third-order valence-corrected chi connectivity index (χ3v) is 3.39. The Bertz CT molecular complexity index is 428. The van der Waals surface area contributed by atoms with Crippen molar-refractivity contribution in [1.29, 1.82) is 0 Å². The van der Waals surface area contributed by atoms with Gasteiger partial charge < -0.3 is 5.32 Å². The maximum Gasteiger partial charge on any atom is 0.419 e. The summed E-state index contributed by atoms with van der Waals surface area (Å²) in [6, 6.07) is 3.07. The third-order valence-electron chi connectivity index (χ3n) is 3.39. The van der Waals surface area contributed by atoms with Crippen molar-refractivity contribution in [2.75, 3.05) is 6.54 Å². The van der Waals surface area contributed by atoms with Crippen molar-refractivity contribution >= 4 is 0 Å². The Balaban J connectivity index is 3.14. The number of hydrogen-bond acceptors (Lipinski definition) is 1. The highest BCUT2D eigenvalue weighted by molar-refractivity contribution is 5.29. The molecule has 0 aliphatic carbocycles. The van der Waals surface area contributed by atoms with Crippen molar-refractivity contribution in [2.45, 2.75) is 45.8 Å². The highest BCUT2D eigenvalue weighted by atomic mass is 19.4. The molecule has 1 rings (SSSR count). The number of benzene rings is 1. The normalized spacial score (nSPS) is 15.2. The van der Waals surface area contributed by atoms with Crippen molar-refractivity contribution < 1.29 is 17.6 Å². The Labute approximate surface area is 117 Å². The summed E-state index contributed by atoms with van der Waals surface area (Å²) in [5.41, 5.74) is -0.705. The lowest BCUT2D eigenvalue weighted by Crippen LogP contribution is -2.27. The molecule has 0 spiro atoms. The highest BCUT2D eigenvalue weighted by Gasteiger charge is 2.35. The molecule has 5 heteroatoms. The van der Waals surface area contributed by atoms with Crippen LogP contribution in [0.25, 0.3) is 0 Å². The summed E-state index contributed by atoms with van der Waals surface area (Å²) in [5.74, 6) is -1.04. The van der Waals surface area contributed by atoms with Crippen molar-refractivity contribution in [3.8, 4) is 0 Å². The van der Waals surface area contributed by atoms with E-state index < -0.39 is 17.6 Å². The van der Waals surface area contributed by atoms with E-state index in [0.717, 1.165) is 25.0 Å². The van der Waals surface area contributed by atoms with Crippen LogP contribution in [0.3, 0.4) is 0 Å². The molecule has 1 aromatic rings. The number of nitrogens with one attached hydrogen (secondary N) is 1. The number of alkyl halides is 3. The molecule has 0 aliphatic rings. The van der Waals surface area contributed by atoms with Gasteiger partial charge in [-0.1, -0.05) is 33.3 Å². The lowest BCUT2D eigenvalue weighted by Gasteiger charge is -2.26. The maximum atomic E-state index is 13.3. The lowest BCUT2D eigenvalue weighted by atomic mass is 9.90. The second kappa shape index (κ2) is 7.07. The minimum atomic E-state index is -4.66. The molecule has 1 N–H and O–H groups in total. The van der Waals surface area contributed by atoms with Crippen LogP contribution in [-0.4, -0.2) is 6.54 Å². The van der Waals surface area contributed by atoms with Gasteiger partial charge in [0.1, 0.15) is 5.82 Å². The van der Waals surface area contributed by atoms with Crippen molar-refractivity contribution in [2.24, 2.45) is 5.92 Å². The van der Waals surface area contributed by atoms with E-state index in [9.17, 15) is 17.6 Å². The van der Waals surface area contributed by atoms with Gasteiger partial charge in [-0.05, 0) is 36.6 Å². The van der Waals surface area contributed by atoms with Gasteiger partial charge in [0.15, 0.2) is 0 Å². The number of hydrogen-bond donors (Lipinski definition) is 1. The Hall–Kier alpha value is -1.10. The van der Waals surface area contributed by atoms with Crippen LogP contribution in [0.2, 0.25) is 0 Å². The molecule has 1 nitrogen and oxygen atoms in total. The Morgan fingerprint density at radius 2 is 1.85 bits per heavy atom. The zero-order valence-corrected chi connectivity index (χ0v) is 12.0. The van der Waals surface area contributed by atoms with E-state index in [2.05, 4.69) is 5.32 Å². The molecule has 0 saturated heterocycles. The predicted molar refractivity (Wildman–Crippen MR) is 71.9 cm³/mol. The SMILES string of the molecule is CCCC(C)C(NCC)c1ccc(F)c(C(F)(F)F)c1. The van der Waals surface area contributed by atoms with Crippen LogP contribution in [0.1, 0.15) is 50.8 Å². The fourth-order valence-corrected chi connectivity index (χ4v) is 2.44. The largest absolute Gasteiger partial charge is 0.419 e. The third kappa shape index (κ3) is 4.20. The van der Waals surface area contributed by atoms with Crippen LogP contribution in [-0.2, 0) is 6.18 Å². The van der Waals surface area contributed by atoms with Gasteiger partial charge in [-0.2, -0.15) is 13.2 Å². The first-order chi connectivity index (χ1) is 9.31. The summed E-state index contributed by atoms with van der Waals surface area (Å²) in [5, 5.41) is 3.19. The average Bonchev–Trinajstić information content (AvgIpc) is 2.35. The summed E-state index contributed by atoms with van der Waals surface area (Å²) in [4.78, 5) is 0. The fraction of sp³-hybridized carbons (Fsp3) is 0.600. The summed E-state index contributed by atoms with van der Waals surface area (Å²) in [6.45, 7) is 6.58. The van der Waals surface area contributed by atoms with Gasteiger partial charge in [0.2, 0.25) is 0 Å². The first-order valence-corrected chi connectivity index (χ1v) is 6.91. The molecule has 2 atom stereocenters. The molecule has 0 saturated carbocycles. The summed E-state index contributed by atoms with van der Waals surface area (Å²) in [6.07, 6.45) is -2.81. The zero-order chi connectivity index (χ0) is 15.3. The molecular weight excluding hydrogens is 270 g/mol. The van der Waals surface area contributed by atoms with Crippen molar-refractivity contribution in [3.63, 3.8) is 0 Å². The van der Waals surface area contributed by atoms with E-state index >= 15 is 0 Å². The van der Waals surface area contributed by atoms with Gasteiger partial charge in [0, 0.05) is 6.04 Å². The number of halogens is 4. The first kappa shape index (κ1) is 17.0. The van der Waals surface area contributed by atoms with Crippen LogP contribution in [0.4, 0.5) is 17.6 Å². The molecule has 20 heavy (non-hydrogen) atoms. The predicted octanol–water partition coefficient (Wildman–Crippen LogP) is 4.93. The summed E-state index contributed by atoms with van der Waals surface area (Å²) < 4.78 is 51.6. The molecule has 0 radical (unpaired) electrons. The quantitative estimate of drug-likeness (QED) is 0.733. The molecular formula is C15H21F4N. The van der Waals surface area contributed by atoms with Gasteiger partial charge in [-0.3, -0.25) is 0 Å². The van der Waals surface area contributed by atoms with Crippen LogP contribution < -0.4 is 5.32 Å². The molecule has 0 bridgehead atoms. The van der Waals surface area contributed by atoms with E-state index in [4.69, 9.17) is 0 Å². The fourth-order valence-electron chi connectivity index (χ4n) is 2.44. The molecule has 0 heterocycles. The van der Waals surface area contributed by atoms with Gasteiger partial charge in [0.25, 0.3) is 0 Å². The molecule has 1 aromatic carbocycles. The summed E-state index contributed by atoms with van der Waals surface area (Å²) >= 11 is 0. The van der Waals surface area contributed by atoms with Crippen molar-refractivity contribution in [1.82, 2.24) is 5.32 Å². The van der Waals surface area contributed by atoms with E-state index in [1.807, 2.05) is 20.8 Å². The van der Waals surface area contributed by atoms with Crippen LogP contribution in [0.15, 0.2) is 18.2 Å². The van der Waals surface area contributed by atoms with E-state index in [1.54, 1.807) is 0 Å². The maximum absolute atomic E-state index is 13.3. The molecule has 0 fully saturated rings. The van der Waals surface area contributed by atoms with Crippen LogP contribution >= 0.6 is 0 Å². The van der Waals surface area contributed by atoms with Gasteiger partial charge in [-0.25, -0.2) is 4.39 Å². The zero-order valence-electron chi connectivity index (χ0n) is 12.0. The Morgan fingerprint density at radius 1 is 1.20 bits per heavy atom. The first-order valence-electron chi connectivity index (χ1n) is 6.91. The Morgan fingerprint density at radius 3 is 2.35 bits per heavy atom. The minimum absolute atomic E-state index is 0.187. The van der Waals surface area contributed by atoms with Gasteiger partial charge in [0.05, 0.1) is 5.56 Å². The van der Waals surface area contributed by atoms with Gasteiger partial charge >= 0.3 is 6.18 Å². The van der Waals surface area contributed by atoms with Gasteiger partial charge in [-0.15, -0.1) is 0 Å². The second-order valence-corrected chi connectivity index (χ2v) is 5.04. The summed E-state index contributed by atoms with van der Waals surface area (Å²) in [7, 11) is 0. The standard InChI is InChI=1S/C15H21F4N/c1-4-6-10(3)14(20-5-2)11-7-8-13(16)12(9-11)15(17,18)19/h7-10,14,20H,4-6H2,1-3H3. The van der Waals surface area contributed by atoms with Crippen LogP contribution in [0.5, 0.6) is 0 Å². The molecule has 0 amide bonds. The molecule has 114 valence electrons.